The van der Waals surface area contributed by atoms with Crippen molar-refractivity contribution < 1.29 is 47.6 Å². The smallest absolute Gasteiger partial charge is 0.748 e. The van der Waals surface area contributed by atoms with Gasteiger partial charge in [-0.15, -0.1) is 0 Å². The SMILES string of the molecule is CCCC(O)CCCCCCCCCCCCCCCS(=O)(=O)[O-].[Na+]. The van der Waals surface area contributed by atoms with E-state index in [9.17, 15) is 18.1 Å². The van der Waals surface area contributed by atoms with Gasteiger partial charge in [0.05, 0.1) is 16.2 Å². The second kappa shape index (κ2) is 19.6. The molecular formula is C19H39NaO4S. The van der Waals surface area contributed by atoms with Gasteiger partial charge in [0.15, 0.2) is 0 Å². The Hall–Kier alpha value is 0.870. The first-order valence-electron chi connectivity index (χ1n) is 10.1. The predicted molar refractivity (Wildman–Crippen MR) is 100 cm³/mol. The second-order valence-corrected chi connectivity index (χ2v) is 8.61. The fraction of sp³-hybridized carbons (Fsp3) is 1.00. The molecule has 0 aromatic heterocycles. The van der Waals surface area contributed by atoms with E-state index in [4.69, 9.17) is 0 Å². The van der Waals surface area contributed by atoms with Gasteiger partial charge in [0.2, 0.25) is 0 Å². The van der Waals surface area contributed by atoms with Crippen molar-refractivity contribution in [3.8, 4) is 0 Å². The third-order valence-electron chi connectivity index (χ3n) is 4.55. The Labute approximate surface area is 178 Å². The fourth-order valence-electron chi connectivity index (χ4n) is 3.08. The van der Waals surface area contributed by atoms with Crippen LogP contribution in [0.3, 0.4) is 0 Å². The van der Waals surface area contributed by atoms with Crippen LogP contribution >= 0.6 is 0 Å². The zero-order valence-corrected chi connectivity index (χ0v) is 19.5. The monoisotopic (exact) mass is 386 g/mol. The molecule has 0 saturated carbocycles. The van der Waals surface area contributed by atoms with E-state index < -0.39 is 10.1 Å². The van der Waals surface area contributed by atoms with Gasteiger partial charge in [-0.2, -0.15) is 0 Å². The average Bonchev–Trinajstić information content (AvgIpc) is 2.50. The second-order valence-electron chi connectivity index (χ2n) is 7.09. The predicted octanol–water partition coefficient (Wildman–Crippen LogP) is 2.16. The molecule has 146 valence electrons. The molecule has 0 aliphatic rings. The van der Waals surface area contributed by atoms with Gasteiger partial charge >= 0.3 is 29.6 Å². The molecule has 0 bridgehead atoms. The standard InChI is InChI=1S/C19H40O4S.Na/c1-2-16-19(20)17-14-12-10-8-6-4-3-5-7-9-11-13-15-18-24(21,22)23;/h19-20H,2-18H2,1H3,(H,21,22,23);/q;+1/p-1. The zero-order chi connectivity index (χ0) is 18.1. The summed E-state index contributed by atoms with van der Waals surface area (Å²) in [6.45, 7) is 2.12. The summed E-state index contributed by atoms with van der Waals surface area (Å²) in [5, 5.41) is 9.64. The molecule has 1 unspecified atom stereocenters. The van der Waals surface area contributed by atoms with Crippen molar-refractivity contribution in [1.29, 1.82) is 0 Å². The maximum absolute atomic E-state index is 10.4. The van der Waals surface area contributed by atoms with Crippen molar-refractivity contribution in [1.82, 2.24) is 0 Å². The van der Waals surface area contributed by atoms with Gasteiger partial charge in [-0.3, -0.25) is 0 Å². The zero-order valence-electron chi connectivity index (χ0n) is 16.7. The third-order valence-corrected chi connectivity index (χ3v) is 5.34. The van der Waals surface area contributed by atoms with Crippen LogP contribution in [-0.2, 0) is 10.1 Å². The normalized spacial score (nSPS) is 12.8. The molecular weight excluding hydrogens is 347 g/mol. The van der Waals surface area contributed by atoms with Crippen molar-refractivity contribution in [2.24, 2.45) is 0 Å². The van der Waals surface area contributed by atoms with Crippen LogP contribution in [0.25, 0.3) is 0 Å². The van der Waals surface area contributed by atoms with Gasteiger partial charge in [0.25, 0.3) is 0 Å². The third kappa shape index (κ3) is 24.9. The van der Waals surface area contributed by atoms with E-state index in [0.29, 0.717) is 6.42 Å². The molecule has 0 rings (SSSR count). The minimum absolute atomic E-state index is 0. The molecule has 0 fully saturated rings. The van der Waals surface area contributed by atoms with Crippen LogP contribution in [0.15, 0.2) is 0 Å². The number of rotatable bonds is 18. The summed E-state index contributed by atoms with van der Waals surface area (Å²) in [5.74, 6) is -0.204. The van der Waals surface area contributed by atoms with E-state index in [0.717, 1.165) is 44.9 Å². The Bertz CT molecular complexity index is 360. The minimum atomic E-state index is -4.01. The van der Waals surface area contributed by atoms with Crippen molar-refractivity contribution in [2.45, 2.75) is 116 Å². The van der Waals surface area contributed by atoms with Crippen molar-refractivity contribution in [3.63, 3.8) is 0 Å². The van der Waals surface area contributed by atoms with E-state index in [1.807, 2.05) is 0 Å². The maximum atomic E-state index is 10.4. The summed E-state index contributed by atoms with van der Waals surface area (Å²) in [5.41, 5.74) is 0. The van der Waals surface area contributed by atoms with E-state index in [1.54, 1.807) is 0 Å². The number of hydrogen-bond acceptors (Lipinski definition) is 4. The summed E-state index contributed by atoms with van der Waals surface area (Å²) < 4.78 is 31.3. The maximum Gasteiger partial charge on any atom is 1.00 e. The Kier molecular flexibility index (Phi) is 22.0. The topological polar surface area (TPSA) is 77.4 Å². The van der Waals surface area contributed by atoms with Crippen LogP contribution < -0.4 is 29.6 Å². The first-order chi connectivity index (χ1) is 11.5. The number of aliphatic hydroxyl groups excluding tert-OH is 1. The fourth-order valence-corrected chi connectivity index (χ4v) is 3.64. The molecule has 6 heteroatoms. The summed E-state index contributed by atoms with van der Waals surface area (Å²) >= 11 is 0. The van der Waals surface area contributed by atoms with Gasteiger partial charge in [-0.05, 0) is 19.3 Å². The summed E-state index contributed by atoms with van der Waals surface area (Å²) in [6.07, 6.45) is 17.9. The molecule has 0 heterocycles. The largest absolute Gasteiger partial charge is 1.00 e. The molecule has 0 amide bonds. The van der Waals surface area contributed by atoms with Crippen molar-refractivity contribution in [2.75, 3.05) is 5.75 Å². The molecule has 1 N–H and O–H groups in total. The van der Waals surface area contributed by atoms with E-state index >= 15 is 0 Å². The molecule has 0 aromatic carbocycles. The van der Waals surface area contributed by atoms with Gasteiger partial charge < -0.3 is 9.66 Å². The average molecular weight is 387 g/mol. The van der Waals surface area contributed by atoms with Gasteiger partial charge in [0, 0.05) is 5.75 Å². The molecule has 0 aliphatic carbocycles. The molecule has 0 aliphatic heterocycles. The van der Waals surface area contributed by atoms with Crippen molar-refractivity contribution >= 4 is 10.1 Å². The van der Waals surface area contributed by atoms with Crippen LogP contribution in [0.2, 0.25) is 0 Å². The number of hydrogen-bond donors (Lipinski definition) is 1. The van der Waals surface area contributed by atoms with Crippen LogP contribution in [-0.4, -0.2) is 29.9 Å². The summed E-state index contributed by atoms with van der Waals surface area (Å²) in [6, 6.07) is 0. The molecule has 0 spiro atoms. The van der Waals surface area contributed by atoms with Gasteiger partial charge in [-0.1, -0.05) is 90.4 Å². The molecule has 4 nitrogen and oxygen atoms in total. The van der Waals surface area contributed by atoms with E-state index in [1.165, 1.54) is 51.4 Å². The Morgan fingerprint density at radius 1 is 0.720 bits per heavy atom. The Morgan fingerprint density at radius 2 is 1.08 bits per heavy atom. The Morgan fingerprint density at radius 3 is 1.44 bits per heavy atom. The van der Waals surface area contributed by atoms with Crippen LogP contribution in [0.4, 0.5) is 0 Å². The first kappa shape index (κ1) is 28.1. The van der Waals surface area contributed by atoms with Crippen LogP contribution in [0.1, 0.15) is 110 Å². The van der Waals surface area contributed by atoms with E-state index in [2.05, 4.69) is 6.92 Å². The van der Waals surface area contributed by atoms with Crippen LogP contribution in [0.5, 0.6) is 0 Å². The van der Waals surface area contributed by atoms with Crippen LogP contribution in [0, 0.1) is 0 Å². The van der Waals surface area contributed by atoms with Gasteiger partial charge in [0.1, 0.15) is 0 Å². The Balaban J connectivity index is 0. The minimum Gasteiger partial charge on any atom is -0.748 e. The molecule has 0 saturated heterocycles. The molecule has 0 radical (unpaired) electrons. The quantitative estimate of drug-likeness (QED) is 0.222. The molecule has 0 aromatic rings. The first-order valence-corrected chi connectivity index (χ1v) is 11.6. The summed E-state index contributed by atoms with van der Waals surface area (Å²) in [7, 11) is -4.01. The van der Waals surface area contributed by atoms with Gasteiger partial charge in [-0.25, -0.2) is 8.42 Å². The van der Waals surface area contributed by atoms with Crippen molar-refractivity contribution in [3.05, 3.63) is 0 Å². The van der Waals surface area contributed by atoms with E-state index in [-0.39, 0.29) is 41.4 Å². The molecule has 25 heavy (non-hydrogen) atoms. The summed E-state index contributed by atoms with van der Waals surface area (Å²) in [4.78, 5) is 0. The number of unbranched alkanes of at least 4 members (excludes halogenated alkanes) is 12. The molecule has 1 atom stereocenters. The number of aliphatic hydroxyl groups is 1.